The van der Waals surface area contributed by atoms with Crippen molar-refractivity contribution in [2.24, 2.45) is 29.0 Å². The van der Waals surface area contributed by atoms with Crippen LogP contribution in [0.3, 0.4) is 0 Å². The Balaban J connectivity index is 1.99. The molecule has 2 rings (SSSR count). The Labute approximate surface area is 119 Å². The van der Waals surface area contributed by atoms with E-state index in [-0.39, 0.29) is 0 Å². The summed E-state index contributed by atoms with van der Waals surface area (Å²) >= 11 is 0. The zero-order valence-corrected chi connectivity index (χ0v) is 13.3. The molecule has 0 saturated heterocycles. The molecule has 0 aliphatic heterocycles. The van der Waals surface area contributed by atoms with Gasteiger partial charge in [0.05, 0.1) is 0 Å². The van der Waals surface area contributed by atoms with E-state index in [4.69, 9.17) is 5.84 Å². The van der Waals surface area contributed by atoms with Crippen LogP contribution in [0.25, 0.3) is 0 Å². The van der Waals surface area contributed by atoms with Gasteiger partial charge in [0.2, 0.25) is 0 Å². The van der Waals surface area contributed by atoms with Gasteiger partial charge in [-0.05, 0) is 48.9 Å². The summed E-state index contributed by atoms with van der Waals surface area (Å²) in [5.41, 5.74) is 3.70. The van der Waals surface area contributed by atoms with Crippen molar-refractivity contribution in [2.45, 2.75) is 84.6 Å². The van der Waals surface area contributed by atoms with Crippen molar-refractivity contribution >= 4 is 0 Å². The molecule has 2 unspecified atom stereocenters. The minimum Gasteiger partial charge on any atom is -0.271 e. The minimum absolute atomic E-state index is 0.469. The molecule has 2 saturated carbocycles. The molecule has 112 valence electrons. The van der Waals surface area contributed by atoms with Gasteiger partial charge in [0.1, 0.15) is 0 Å². The van der Waals surface area contributed by atoms with Crippen LogP contribution in [0.1, 0.15) is 78.6 Å². The van der Waals surface area contributed by atoms with Crippen molar-refractivity contribution in [2.75, 3.05) is 0 Å². The first-order valence-corrected chi connectivity index (χ1v) is 8.54. The van der Waals surface area contributed by atoms with Crippen molar-refractivity contribution in [1.82, 2.24) is 5.43 Å². The predicted molar refractivity (Wildman–Crippen MR) is 82.6 cm³/mol. The summed E-state index contributed by atoms with van der Waals surface area (Å²) in [5.74, 6) is 8.54. The highest BCUT2D eigenvalue weighted by Crippen LogP contribution is 2.46. The van der Waals surface area contributed by atoms with E-state index < -0.39 is 0 Å². The average molecular weight is 266 g/mol. The lowest BCUT2D eigenvalue weighted by atomic mass is 9.62. The molecular weight excluding hydrogens is 232 g/mol. The van der Waals surface area contributed by atoms with Crippen LogP contribution < -0.4 is 11.3 Å². The molecule has 0 amide bonds. The summed E-state index contributed by atoms with van der Waals surface area (Å²) in [6, 6.07) is 0.549. The summed E-state index contributed by atoms with van der Waals surface area (Å²) in [5, 5.41) is 0. The fourth-order valence-corrected chi connectivity index (χ4v) is 4.72. The SMILES string of the molecule is CCC1CCC(C(NN)C2CCCCC2(C)C)CC1. The van der Waals surface area contributed by atoms with E-state index in [1.54, 1.807) is 0 Å². The zero-order valence-electron chi connectivity index (χ0n) is 13.3. The van der Waals surface area contributed by atoms with E-state index >= 15 is 0 Å². The van der Waals surface area contributed by atoms with Crippen LogP contribution in [-0.2, 0) is 0 Å². The molecule has 2 nitrogen and oxygen atoms in total. The first-order chi connectivity index (χ1) is 9.08. The normalized spacial score (nSPS) is 36.9. The molecule has 2 aliphatic rings. The Bertz CT molecular complexity index is 266. The maximum Gasteiger partial charge on any atom is 0.0272 e. The highest BCUT2D eigenvalue weighted by molar-refractivity contribution is 4.93. The smallest absolute Gasteiger partial charge is 0.0272 e. The molecule has 2 fully saturated rings. The van der Waals surface area contributed by atoms with E-state index in [9.17, 15) is 0 Å². The molecule has 2 heteroatoms. The van der Waals surface area contributed by atoms with Crippen LogP contribution >= 0.6 is 0 Å². The Morgan fingerprint density at radius 3 is 2.32 bits per heavy atom. The van der Waals surface area contributed by atoms with Gasteiger partial charge < -0.3 is 0 Å². The van der Waals surface area contributed by atoms with Crippen LogP contribution in [0, 0.1) is 23.2 Å². The van der Waals surface area contributed by atoms with Gasteiger partial charge in [-0.2, -0.15) is 0 Å². The lowest BCUT2D eigenvalue weighted by molar-refractivity contribution is 0.0574. The molecule has 2 aliphatic carbocycles. The third-order valence-electron chi connectivity index (χ3n) is 6.19. The lowest BCUT2D eigenvalue weighted by Crippen LogP contribution is -2.52. The minimum atomic E-state index is 0.469. The van der Waals surface area contributed by atoms with Gasteiger partial charge in [0.15, 0.2) is 0 Å². The second kappa shape index (κ2) is 6.58. The van der Waals surface area contributed by atoms with Crippen molar-refractivity contribution in [3.8, 4) is 0 Å². The number of hydrogen-bond donors (Lipinski definition) is 2. The Hall–Kier alpha value is -0.0800. The molecule has 0 spiro atoms. The van der Waals surface area contributed by atoms with Gasteiger partial charge in [-0.3, -0.25) is 11.3 Å². The van der Waals surface area contributed by atoms with E-state index in [1.807, 2.05) is 0 Å². The van der Waals surface area contributed by atoms with Crippen LogP contribution in [0.5, 0.6) is 0 Å². The van der Waals surface area contributed by atoms with E-state index in [0.29, 0.717) is 11.5 Å². The largest absolute Gasteiger partial charge is 0.271 e. The summed E-state index contributed by atoms with van der Waals surface area (Å²) in [6.07, 6.45) is 12.5. The molecule has 0 heterocycles. The quantitative estimate of drug-likeness (QED) is 0.589. The summed E-state index contributed by atoms with van der Waals surface area (Å²) in [7, 11) is 0. The topological polar surface area (TPSA) is 38.0 Å². The summed E-state index contributed by atoms with van der Waals surface area (Å²) < 4.78 is 0. The van der Waals surface area contributed by atoms with Crippen LogP contribution in [0.2, 0.25) is 0 Å². The molecule has 3 N–H and O–H groups in total. The first-order valence-electron chi connectivity index (χ1n) is 8.54. The van der Waals surface area contributed by atoms with E-state index in [1.165, 1.54) is 57.8 Å². The van der Waals surface area contributed by atoms with Crippen LogP contribution in [0.15, 0.2) is 0 Å². The van der Waals surface area contributed by atoms with Gasteiger partial charge in [-0.15, -0.1) is 0 Å². The van der Waals surface area contributed by atoms with Gasteiger partial charge in [0.25, 0.3) is 0 Å². The molecule has 0 bridgehead atoms. The monoisotopic (exact) mass is 266 g/mol. The molecule has 19 heavy (non-hydrogen) atoms. The third kappa shape index (κ3) is 3.52. The third-order valence-corrected chi connectivity index (χ3v) is 6.19. The summed E-state index contributed by atoms with van der Waals surface area (Å²) in [6.45, 7) is 7.26. The lowest BCUT2D eigenvalue weighted by Gasteiger charge is -2.47. The number of nitrogens with two attached hydrogens (primary N) is 1. The van der Waals surface area contributed by atoms with Crippen LogP contribution in [0.4, 0.5) is 0 Å². The average Bonchev–Trinajstić information content (AvgIpc) is 2.42. The van der Waals surface area contributed by atoms with Gasteiger partial charge in [-0.25, -0.2) is 0 Å². The van der Waals surface area contributed by atoms with Gasteiger partial charge in [0, 0.05) is 6.04 Å². The van der Waals surface area contributed by atoms with Crippen molar-refractivity contribution in [1.29, 1.82) is 0 Å². The van der Waals surface area contributed by atoms with E-state index in [2.05, 4.69) is 26.2 Å². The van der Waals surface area contributed by atoms with Gasteiger partial charge in [-0.1, -0.05) is 52.9 Å². The molecule has 0 radical (unpaired) electrons. The maximum atomic E-state index is 5.97. The zero-order chi connectivity index (χ0) is 13.9. The fraction of sp³-hybridized carbons (Fsp3) is 1.00. The fourth-order valence-electron chi connectivity index (χ4n) is 4.72. The number of nitrogens with one attached hydrogen (secondary N) is 1. The van der Waals surface area contributed by atoms with E-state index in [0.717, 1.165) is 17.8 Å². The number of hydrazine groups is 1. The number of hydrogen-bond acceptors (Lipinski definition) is 2. The highest BCUT2D eigenvalue weighted by atomic mass is 15.2. The molecule has 0 aromatic heterocycles. The molecule has 0 aromatic carbocycles. The second-order valence-electron chi connectivity index (χ2n) is 7.72. The van der Waals surface area contributed by atoms with Crippen molar-refractivity contribution in [3.05, 3.63) is 0 Å². The maximum absolute atomic E-state index is 5.97. The molecular formula is C17H34N2. The summed E-state index contributed by atoms with van der Waals surface area (Å²) in [4.78, 5) is 0. The standard InChI is InChI=1S/C17H34N2/c1-4-13-8-10-14(11-9-13)16(19-18)15-7-5-6-12-17(15,2)3/h13-16,19H,4-12,18H2,1-3H3. The van der Waals surface area contributed by atoms with Crippen molar-refractivity contribution in [3.63, 3.8) is 0 Å². The number of rotatable bonds is 4. The van der Waals surface area contributed by atoms with Crippen molar-refractivity contribution < 1.29 is 0 Å². The first kappa shape index (κ1) is 15.3. The van der Waals surface area contributed by atoms with Gasteiger partial charge >= 0.3 is 0 Å². The molecule has 2 atom stereocenters. The van der Waals surface area contributed by atoms with Crippen LogP contribution in [-0.4, -0.2) is 6.04 Å². The Kier molecular flexibility index (Phi) is 5.30. The highest BCUT2D eigenvalue weighted by Gasteiger charge is 2.40. The Morgan fingerprint density at radius 1 is 1.11 bits per heavy atom. The molecule has 0 aromatic rings. The Morgan fingerprint density at radius 2 is 1.79 bits per heavy atom. The predicted octanol–water partition coefficient (Wildman–Crippen LogP) is 4.25. The second-order valence-corrected chi connectivity index (χ2v) is 7.72.